The predicted octanol–water partition coefficient (Wildman–Crippen LogP) is 3.22. The maximum absolute atomic E-state index is 12.2. The first-order valence-corrected chi connectivity index (χ1v) is 8.16. The molecule has 2 rings (SSSR count). The van der Waals surface area contributed by atoms with E-state index in [1.807, 2.05) is 24.3 Å². The molecule has 0 N–H and O–H groups in total. The number of amides is 2. The molecular weight excluding hydrogens is 326 g/mol. The first-order valence-electron chi connectivity index (χ1n) is 6.32. The fourth-order valence-electron chi connectivity index (χ4n) is 2.03. The molecule has 1 saturated heterocycles. The highest BCUT2D eigenvalue weighted by Crippen LogP contribution is 2.27. The lowest BCUT2D eigenvalue weighted by Crippen LogP contribution is -2.30. The highest BCUT2D eigenvalue weighted by atomic mass is 79.9. The molecule has 0 saturated carbocycles. The first-order chi connectivity index (χ1) is 9.11. The summed E-state index contributed by atoms with van der Waals surface area (Å²) in [5.74, 6) is 0.830. The van der Waals surface area contributed by atoms with Crippen molar-refractivity contribution in [2.45, 2.75) is 31.6 Å². The molecule has 3 nitrogen and oxygen atoms in total. The third-order valence-electron chi connectivity index (χ3n) is 2.96. The second kappa shape index (κ2) is 6.57. The van der Waals surface area contributed by atoms with Gasteiger partial charge in [-0.1, -0.05) is 35.0 Å². The molecule has 0 aliphatic carbocycles. The second-order valence-electron chi connectivity index (χ2n) is 4.51. The highest BCUT2D eigenvalue weighted by molar-refractivity contribution is 9.10. The third-order valence-corrected chi connectivity index (χ3v) is 4.86. The Balaban J connectivity index is 2.04. The van der Waals surface area contributed by atoms with Gasteiger partial charge in [-0.3, -0.25) is 14.5 Å². The lowest BCUT2D eigenvalue weighted by molar-refractivity contribution is -0.138. The number of thioether (sulfide) groups is 1. The summed E-state index contributed by atoms with van der Waals surface area (Å²) in [5, 5.41) is -0.181. The van der Waals surface area contributed by atoms with Gasteiger partial charge in [-0.15, -0.1) is 11.8 Å². The Bertz CT molecular complexity index is 492. The van der Waals surface area contributed by atoms with Crippen LogP contribution in [0.15, 0.2) is 28.7 Å². The van der Waals surface area contributed by atoms with E-state index < -0.39 is 0 Å². The van der Waals surface area contributed by atoms with E-state index in [1.165, 1.54) is 4.90 Å². The summed E-state index contributed by atoms with van der Waals surface area (Å²) in [6, 6.07) is 7.70. The number of hydrogen-bond acceptors (Lipinski definition) is 3. The summed E-state index contributed by atoms with van der Waals surface area (Å²) in [4.78, 5) is 25.5. The Hall–Kier alpha value is -0.810. The highest BCUT2D eigenvalue weighted by Gasteiger charge is 2.38. The number of imide groups is 1. The summed E-state index contributed by atoms with van der Waals surface area (Å²) >= 11 is 4.99. The minimum Gasteiger partial charge on any atom is -0.277 e. The molecule has 1 atom stereocenters. The van der Waals surface area contributed by atoms with Gasteiger partial charge in [-0.25, -0.2) is 0 Å². The van der Waals surface area contributed by atoms with Crippen molar-refractivity contribution in [3.8, 4) is 0 Å². The van der Waals surface area contributed by atoms with Crippen LogP contribution in [0.3, 0.4) is 0 Å². The van der Waals surface area contributed by atoms with Crippen molar-refractivity contribution in [2.24, 2.45) is 0 Å². The van der Waals surface area contributed by atoms with Crippen molar-refractivity contribution in [3.63, 3.8) is 0 Å². The van der Waals surface area contributed by atoms with Crippen molar-refractivity contribution in [1.82, 2.24) is 4.90 Å². The van der Waals surface area contributed by atoms with Crippen LogP contribution >= 0.6 is 27.7 Å². The SMILES string of the molecule is CCCSC1CC(=O)N(Cc2cccc(Br)c2)C1=O. The van der Waals surface area contributed by atoms with Crippen molar-refractivity contribution < 1.29 is 9.59 Å². The molecule has 1 unspecified atom stereocenters. The van der Waals surface area contributed by atoms with Gasteiger partial charge in [0.25, 0.3) is 0 Å². The standard InChI is InChI=1S/C14H16BrNO2S/c1-2-6-19-12-8-13(17)16(14(12)18)9-10-4-3-5-11(15)7-10/h3-5,7,12H,2,6,8-9H2,1H3. The smallest absolute Gasteiger partial charge is 0.243 e. The van der Waals surface area contributed by atoms with E-state index in [4.69, 9.17) is 0 Å². The van der Waals surface area contributed by atoms with E-state index in [0.29, 0.717) is 13.0 Å². The van der Waals surface area contributed by atoms with Gasteiger partial charge in [-0.05, 0) is 29.9 Å². The summed E-state index contributed by atoms with van der Waals surface area (Å²) in [5.41, 5.74) is 0.970. The monoisotopic (exact) mass is 341 g/mol. The van der Waals surface area contributed by atoms with Gasteiger partial charge in [0.15, 0.2) is 0 Å². The van der Waals surface area contributed by atoms with E-state index in [1.54, 1.807) is 11.8 Å². The first kappa shape index (κ1) is 14.6. The number of rotatable bonds is 5. The molecule has 1 aromatic rings. The minimum absolute atomic E-state index is 0.0385. The Morgan fingerprint density at radius 2 is 2.21 bits per heavy atom. The number of halogens is 1. The quantitative estimate of drug-likeness (QED) is 0.771. The average molecular weight is 342 g/mol. The van der Waals surface area contributed by atoms with Gasteiger partial charge < -0.3 is 0 Å². The van der Waals surface area contributed by atoms with Crippen LogP contribution in [-0.2, 0) is 16.1 Å². The molecule has 5 heteroatoms. The van der Waals surface area contributed by atoms with E-state index in [-0.39, 0.29) is 17.1 Å². The maximum atomic E-state index is 12.2. The van der Waals surface area contributed by atoms with E-state index in [0.717, 1.165) is 22.2 Å². The molecule has 0 radical (unpaired) electrons. The molecule has 1 aromatic carbocycles. The normalized spacial score (nSPS) is 19.3. The van der Waals surface area contributed by atoms with Crippen molar-refractivity contribution in [1.29, 1.82) is 0 Å². The lowest BCUT2D eigenvalue weighted by atomic mass is 10.2. The van der Waals surface area contributed by atoms with Crippen LogP contribution in [-0.4, -0.2) is 27.7 Å². The minimum atomic E-state index is -0.181. The molecule has 1 aliphatic heterocycles. The van der Waals surface area contributed by atoms with Crippen LogP contribution in [0.25, 0.3) is 0 Å². The van der Waals surface area contributed by atoms with Gasteiger partial charge in [0, 0.05) is 10.9 Å². The Morgan fingerprint density at radius 1 is 1.42 bits per heavy atom. The summed E-state index contributed by atoms with van der Waals surface area (Å²) in [7, 11) is 0. The molecule has 1 heterocycles. The zero-order chi connectivity index (χ0) is 13.8. The van der Waals surface area contributed by atoms with Gasteiger partial charge in [-0.2, -0.15) is 0 Å². The van der Waals surface area contributed by atoms with E-state index in [9.17, 15) is 9.59 Å². The number of hydrogen-bond donors (Lipinski definition) is 0. The maximum Gasteiger partial charge on any atom is 0.243 e. The average Bonchev–Trinajstić information content (AvgIpc) is 2.64. The summed E-state index contributed by atoms with van der Waals surface area (Å²) in [6.07, 6.45) is 1.37. The fourth-order valence-corrected chi connectivity index (χ4v) is 3.52. The fraction of sp³-hybridized carbons (Fsp3) is 0.429. The molecule has 0 spiro atoms. The summed E-state index contributed by atoms with van der Waals surface area (Å²) in [6.45, 7) is 2.45. The Morgan fingerprint density at radius 3 is 2.89 bits per heavy atom. The number of benzene rings is 1. The molecule has 1 aliphatic rings. The molecule has 102 valence electrons. The van der Waals surface area contributed by atoms with Crippen molar-refractivity contribution >= 4 is 39.5 Å². The topological polar surface area (TPSA) is 37.4 Å². The predicted molar refractivity (Wildman–Crippen MR) is 80.9 cm³/mol. The van der Waals surface area contributed by atoms with Gasteiger partial charge in [0.2, 0.25) is 11.8 Å². The summed E-state index contributed by atoms with van der Waals surface area (Å²) < 4.78 is 0.959. The number of likely N-dealkylation sites (tertiary alicyclic amines) is 1. The zero-order valence-electron chi connectivity index (χ0n) is 10.8. The Kier molecular flexibility index (Phi) is 5.05. The van der Waals surface area contributed by atoms with E-state index >= 15 is 0 Å². The van der Waals surface area contributed by atoms with Crippen LogP contribution < -0.4 is 0 Å². The van der Waals surface area contributed by atoms with E-state index in [2.05, 4.69) is 22.9 Å². The molecule has 0 bridgehead atoms. The van der Waals surface area contributed by atoms with Crippen molar-refractivity contribution in [2.75, 3.05) is 5.75 Å². The molecule has 19 heavy (non-hydrogen) atoms. The van der Waals surface area contributed by atoms with Gasteiger partial charge in [0.1, 0.15) is 0 Å². The Labute approximate surface area is 125 Å². The van der Waals surface area contributed by atoms with Crippen LogP contribution in [0.2, 0.25) is 0 Å². The van der Waals surface area contributed by atoms with Gasteiger partial charge >= 0.3 is 0 Å². The van der Waals surface area contributed by atoms with Gasteiger partial charge in [0.05, 0.1) is 11.8 Å². The lowest BCUT2D eigenvalue weighted by Gasteiger charge is -2.15. The number of carbonyl (C=O) groups excluding carboxylic acids is 2. The van der Waals surface area contributed by atoms with Crippen LogP contribution in [0.1, 0.15) is 25.3 Å². The zero-order valence-corrected chi connectivity index (χ0v) is 13.2. The molecule has 1 fully saturated rings. The number of carbonyl (C=O) groups is 2. The molecular formula is C14H16BrNO2S. The van der Waals surface area contributed by atoms with Crippen LogP contribution in [0.4, 0.5) is 0 Å². The molecule has 2 amide bonds. The molecule has 0 aromatic heterocycles. The van der Waals surface area contributed by atoms with Crippen molar-refractivity contribution in [3.05, 3.63) is 34.3 Å². The number of nitrogens with zero attached hydrogens (tertiary/aromatic N) is 1. The largest absolute Gasteiger partial charge is 0.277 e. The van der Waals surface area contributed by atoms with Crippen LogP contribution in [0, 0.1) is 0 Å². The third kappa shape index (κ3) is 3.60. The second-order valence-corrected chi connectivity index (χ2v) is 6.74. The van der Waals surface area contributed by atoms with Crippen LogP contribution in [0.5, 0.6) is 0 Å².